The standard InChI is InChI=1S/C16H17Br2NO2/c1-3-21-14-6-4-5-11(16(14)20)9-19-15-12(17)7-10(2)8-13(15)18/h4-8,19-20H,3,9H2,1-2H3. The summed E-state index contributed by atoms with van der Waals surface area (Å²) < 4.78 is 7.36. The Balaban J connectivity index is 2.19. The van der Waals surface area contributed by atoms with E-state index >= 15 is 0 Å². The molecule has 21 heavy (non-hydrogen) atoms. The zero-order valence-electron chi connectivity index (χ0n) is 11.9. The predicted molar refractivity (Wildman–Crippen MR) is 93.2 cm³/mol. The molecule has 3 nitrogen and oxygen atoms in total. The van der Waals surface area contributed by atoms with Crippen molar-refractivity contribution in [1.29, 1.82) is 0 Å². The highest BCUT2D eigenvalue weighted by molar-refractivity contribution is 9.11. The van der Waals surface area contributed by atoms with Crippen molar-refractivity contribution in [2.75, 3.05) is 11.9 Å². The smallest absolute Gasteiger partial charge is 0.162 e. The minimum Gasteiger partial charge on any atom is -0.504 e. The van der Waals surface area contributed by atoms with Crippen LogP contribution in [0.5, 0.6) is 11.5 Å². The molecular formula is C16H17Br2NO2. The van der Waals surface area contributed by atoms with Gasteiger partial charge in [-0.25, -0.2) is 0 Å². The number of phenols is 1. The summed E-state index contributed by atoms with van der Waals surface area (Å²) in [6, 6.07) is 9.61. The number of hydrogen-bond donors (Lipinski definition) is 2. The van der Waals surface area contributed by atoms with Gasteiger partial charge in [0.05, 0.1) is 12.3 Å². The molecular weight excluding hydrogens is 398 g/mol. The van der Waals surface area contributed by atoms with E-state index in [4.69, 9.17) is 4.74 Å². The lowest BCUT2D eigenvalue weighted by Crippen LogP contribution is -2.02. The van der Waals surface area contributed by atoms with Crippen LogP contribution in [0.3, 0.4) is 0 Å². The molecule has 2 rings (SSSR count). The van der Waals surface area contributed by atoms with Crippen molar-refractivity contribution < 1.29 is 9.84 Å². The Labute approximate surface area is 141 Å². The quantitative estimate of drug-likeness (QED) is 0.703. The van der Waals surface area contributed by atoms with E-state index < -0.39 is 0 Å². The first-order chi connectivity index (χ1) is 10.0. The highest BCUT2D eigenvalue weighted by atomic mass is 79.9. The van der Waals surface area contributed by atoms with Gasteiger partial charge in [0.2, 0.25) is 0 Å². The van der Waals surface area contributed by atoms with Gasteiger partial charge in [-0.05, 0) is 69.5 Å². The summed E-state index contributed by atoms with van der Waals surface area (Å²) >= 11 is 7.10. The first kappa shape index (κ1) is 16.2. The van der Waals surface area contributed by atoms with Crippen molar-refractivity contribution >= 4 is 37.5 Å². The van der Waals surface area contributed by atoms with Crippen molar-refractivity contribution in [3.05, 3.63) is 50.4 Å². The molecule has 0 unspecified atom stereocenters. The van der Waals surface area contributed by atoms with E-state index in [0.29, 0.717) is 18.9 Å². The van der Waals surface area contributed by atoms with Crippen LogP contribution in [0.15, 0.2) is 39.3 Å². The molecule has 0 radical (unpaired) electrons. The molecule has 0 saturated carbocycles. The molecule has 112 valence electrons. The van der Waals surface area contributed by atoms with Gasteiger partial charge >= 0.3 is 0 Å². The first-order valence-corrected chi connectivity index (χ1v) is 8.24. The molecule has 0 bridgehead atoms. The number of benzene rings is 2. The maximum atomic E-state index is 10.2. The molecule has 0 fully saturated rings. The zero-order chi connectivity index (χ0) is 15.4. The number of aromatic hydroxyl groups is 1. The molecule has 0 aromatic heterocycles. The Bertz CT molecular complexity index is 621. The van der Waals surface area contributed by atoms with E-state index in [1.54, 1.807) is 6.07 Å². The number of hydrogen-bond acceptors (Lipinski definition) is 3. The molecule has 2 aromatic rings. The molecule has 0 saturated heterocycles. The van der Waals surface area contributed by atoms with Crippen LogP contribution in [-0.4, -0.2) is 11.7 Å². The SMILES string of the molecule is CCOc1cccc(CNc2c(Br)cc(C)cc2Br)c1O. The summed E-state index contributed by atoms with van der Waals surface area (Å²) in [6.45, 7) is 4.97. The molecule has 0 spiro atoms. The lowest BCUT2D eigenvalue weighted by atomic mass is 10.1. The zero-order valence-corrected chi connectivity index (χ0v) is 15.1. The maximum absolute atomic E-state index is 10.2. The normalized spacial score (nSPS) is 10.5. The highest BCUT2D eigenvalue weighted by Crippen LogP contribution is 2.34. The second kappa shape index (κ2) is 7.18. The van der Waals surface area contributed by atoms with Crippen molar-refractivity contribution in [3.8, 4) is 11.5 Å². The van der Waals surface area contributed by atoms with Crippen LogP contribution in [0.1, 0.15) is 18.1 Å². The number of phenolic OH excluding ortho intramolecular Hbond substituents is 1. The van der Waals surface area contributed by atoms with Gasteiger partial charge < -0.3 is 15.2 Å². The average molecular weight is 415 g/mol. The molecule has 0 amide bonds. The van der Waals surface area contributed by atoms with Gasteiger partial charge in [-0.2, -0.15) is 0 Å². The number of ether oxygens (including phenoxy) is 1. The molecule has 0 heterocycles. The van der Waals surface area contributed by atoms with Crippen molar-refractivity contribution in [2.24, 2.45) is 0 Å². The largest absolute Gasteiger partial charge is 0.504 e. The van der Waals surface area contributed by atoms with Gasteiger partial charge in [-0.1, -0.05) is 12.1 Å². The van der Waals surface area contributed by atoms with Crippen LogP contribution in [0, 0.1) is 6.92 Å². The molecule has 5 heteroatoms. The first-order valence-electron chi connectivity index (χ1n) is 6.66. The van der Waals surface area contributed by atoms with E-state index in [1.165, 1.54) is 5.56 Å². The summed E-state index contributed by atoms with van der Waals surface area (Å²) in [5.74, 6) is 0.699. The second-order valence-electron chi connectivity index (χ2n) is 4.65. The summed E-state index contributed by atoms with van der Waals surface area (Å²) in [5, 5.41) is 13.5. The van der Waals surface area contributed by atoms with Crippen LogP contribution in [-0.2, 0) is 6.54 Å². The van der Waals surface area contributed by atoms with Crippen molar-refractivity contribution in [1.82, 2.24) is 0 Å². The van der Waals surface area contributed by atoms with Gasteiger partial charge in [0, 0.05) is 21.1 Å². The summed E-state index contributed by atoms with van der Waals surface area (Å²) in [6.07, 6.45) is 0. The fraction of sp³-hybridized carbons (Fsp3) is 0.250. The van der Waals surface area contributed by atoms with Gasteiger partial charge in [-0.3, -0.25) is 0 Å². The van der Waals surface area contributed by atoms with Gasteiger partial charge in [0.25, 0.3) is 0 Å². The van der Waals surface area contributed by atoms with E-state index in [2.05, 4.69) is 37.2 Å². The molecule has 0 aliphatic rings. The monoisotopic (exact) mass is 413 g/mol. The lowest BCUT2D eigenvalue weighted by Gasteiger charge is -2.14. The van der Waals surface area contributed by atoms with E-state index in [1.807, 2.05) is 38.1 Å². The third-order valence-corrected chi connectivity index (χ3v) is 4.28. The molecule has 0 aliphatic heterocycles. The number of nitrogens with one attached hydrogen (secondary N) is 1. The Morgan fingerprint density at radius 1 is 1.19 bits per heavy atom. The Hall–Kier alpha value is -1.20. The third kappa shape index (κ3) is 3.92. The van der Waals surface area contributed by atoms with Crippen LogP contribution in [0.25, 0.3) is 0 Å². The highest BCUT2D eigenvalue weighted by Gasteiger charge is 2.10. The molecule has 0 aliphatic carbocycles. The number of rotatable bonds is 5. The summed E-state index contributed by atoms with van der Waals surface area (Å²) in [7, 11) is 0. The van der Waals surface area contributed by atoms with Crippen LogP contribution >= 0.6 is 31.9 Å². The average Bonchev–Trinajstić information content (AvgIpc) is 2.41. The second-order valence-corrected chi connectivity index (χ2v) is 6.36. The maximum Gasteiger partial charge on any atom is 0.162 e. The minimum atomic E-state index is 0.186. The number of halogens is 2. The molecule has 0 atom stereocenters. The van der Waals surface area contributed by atoms with Crippen molar-refractivity contribution in [2.45, 2.75) is 20.4 Å². The molecule has 2 aromatic carbocycles. The van der Waals surface area contributed by atoms with Gasteiger partial charge in [0.15, 0.2) is 11.5 Å². The Morgan fingerprint density at radius 3 is 2.48 bits per heavy atom. The summed E-state index contributed by atoms with van der Waals surface area (Å²) in [4.78, 5) is 0. The van der Waals surface area contributed by atoms with E-state index in [9.17, 15) is 5.11 Å². The fourth-order valence-electron chi connectivity index (χ4n) is 2.03. The summed E-state index contributed by atoms with van der Waals surface area (Å²) in [5.41, 5.74) is 2.92. The van der Waals surface area contributed by atoms with Crippen LogP contribution < -0.4 is 10.1 Å². The van der Waals surface area contributed by atoms with Gasteiger partial charge in [0.1, 0.15) is 0 Å². The Kier molecular flexibility index (Phi) is 5.53. The van der Waals surface area contributed by atoms with Crippen LogP contribution in [0.4, 0.5) is 5.69 Å². The van der Waals surface area contributed by atoms with Crippen molar-refractivity contribution in [3.63, 3.8) is 0 Å². The number of anilines is 1. The predicted octanol–water partition coefficient (Wildman–Crippen LogP) is 5.24. The number of para-hydroxylation sites is 1. The van der Waals surface area contributed by atoms with Crippen LogP contribution in [0.2, 0.25) is 0 Å². The lowest BCUT2D eigenvalue weighted by molar-refractivity contribution is 0.317. The van der Waals surface area contributed by atoms with E-state index in [-0.39, 0.29) is 5.75 Å². The van der Waals surface area contributed by atoms with E-state index in [0.717, 1.165) is 20.2 Å². The molecule has 2 N–H and O–H groups in total. The Morgan fingerprint density at radius 2 is 1.86 bits per heavy atom. The topological polar surface area (TPSA) is 41.5 Å². The fourth-order valence-corrected chi connectivity index (χ4v) is 3.73. The number of aryl methyl sites for hydroxylation is 1. The van der Waals surface area contributed by atoms with Gasteiger partial charge in [-0.15, -0.1) is 0 Å². The minimum absolute atomic E-state index is 0.186. The third-order valence-electron chi connectivity index (χ3n) is 3.02.